The van der Waals surface area contributed by atoms with Gasteiger partial charge in [-0.25, -0.2) is 0 Å². The van der Waals surface area contributed by atoms with Gasteiger partial charge in [-0.1, -0.05) is 0 Å². The van der Waals surface area contributed by atoms with Crippen LogP contribution in [0.2, 0.25) is 0 Å². The molecule has 3 nitrogen and oxygen atoms in total. The van der Waals surface area contributed by atoms with Gasteiger partial charge in [-0.15, -0.1) is 24.8 Å². The van der Waals surface area contributed by atoms with E-state index in [2.05, 4.69) is 28.4 Å². The van der Waals surface area contributed by atoms with Crippen molar-refractivity contribution < 1.29 is 0 Å². The van der Waals surface area contributed by atoms with Crippen LogP contribution in [-0.4, -0.2) is 25.2 Å². The first-order valence-corrected chi connectivity index (χ1v) is 5.88. The van der Waals surface area contributed by atoms with Crippen LogP contribution in [0.5, 0.6) is 0 Å². The standard InChI is InChI=1S/C13H15N3.2ClH/c14-7-10-1-3-11(4-2-10)16-12-5-6-13(16)9-15-8-12;;/h1-4,12-13,15H,5-6,8-9H2;2*1H. The number of hydrogen-bond donors (Lipinski definition) is 1. The normalized spacial score (nSPS) is 24.7. The van der Waals surface area contributed by atoms with E-state index in [1.54, 1.807) is 0 Å². The van der Waals surface area contributed by atoms with Gasteiger partial charge in [-0.05, 0) is 37.1 Å². The van der Waals surface area contributed by atoms with Crippen molar-refractivity contribution in [2.45, 2.75) is 24.9 Å². The Morgan fingerprint density at radius 2 is 1.61 bits per heavy atom. The summed E-state index contributed by atoms with van der Waals surface area (Å²) in [6.07, 6.45) is 2.58. The molecule has 2 fully saturated rings. The van der Waals surface area contributed by atoms with E-state index in [-0.39, 0.29) is 24.8 Å². The summed E-state index contributed by atoms with van der Waals surface area (Å²) in [6.45, 7) is 2.19. The van der Waals surface area contributed by atoms with Crippen LogP contribution in [-0.2, 0) is 0 Å². The Balaban J connectivity index is 0.000000810. The molecule has 2 atom stereocenters. The SMILES string of the molecule is Cl.Cl.N#Cc1ccc(N2C3CCC2CNC3)cc1. The van der Waals surface area contributed by atoms with Gasteiger partial charge in [0.05, 0.1) is 11.6 Å². The molecule has 0 radical (unpaired) electrons. The van der Waals surface area contributed by atoms with Crippen molar-refractivity contribution in [3.63, 3.8) is 0 Å². The number of nitrogens with zero attached hydrogens (tertiary/aromatic N) is 2. The van der Waals surface area contributed by atoms with Crippen LogP contribution in [0, 0.1) is 11.3 Å². The highest BCUT2D eigenvalue weighted by Gasteiger charge is 2.36. The summed E-state index contributed by atoms with van der Waals surface area (Å²) in [5, 5.41) is 12.3. The number of nitrogens with one attached hydrogen (secondary N) is 1. The van der Waals surface area contributed by atoms with E-state index >= 15 is 0 Å². The molecule has 98 valence electrons. The molecule has 5 heteroatoms. The van der Waals surface area contributed by atoms with Gasteiger partial charge in [0.25, 0.3) is 0 Å². The quantitative estimate of drug-likeness (QED) is 0.861. The molecule has 18 heavy (non-hydrogen) atoms. The van der Waals surface area contributed by atoms with Gasteiger partial charge in [-0.2, -0.15) is 5.26 Å². The van der Waals surface area contributed by atoms with E-state index in [1.165, 1.54) is 18.5 Å². The predicted octanol–water partition coefficient (Wildman–Crippen LogP) is 2.34. The average molecular weight is 286 g/mol. The Hall–Kier alpha value is -0.950. The first-order valence-electron chi connectivity index (χ1n) is 5.88. The molecular weight excluding hydrogens is 269 g/mol. The maximum atomic E-state index is 8.78. The number of benzene rings is 1. The lowest BCUT2D eigenvalue weighted by atomic mass is 10.1. The van der Waals surface area contributed by atoms with Crippen LogP contribution in [0.1, 0.15) is 18.4 Å². The molecule has 0 aromatic heterocycles. The lowest BCUT2D eigenvalue weighted by Gasteiger charge is -2.37. The molecule has 2 unspecified atom stereocenters. The molecule has 0 aliphatic carbocycles. The number of rotatable bonds is 1. The first kappa shape index (κ1) is 15.1. The van der Waals surface area contributed by atoms with Crippen LogP contribution in [0.25, 0.3) is 0 Å². The molecule has 2 saturated heterocycles. The van der Waals surface area contributed by atoms with Crippen molar-refractivity contribution in [3.05, 3.63) is 29.8 Å². The van der Waals surface area contributed by atoms with Gasteiger partial charge in [0, 0.05) is 30.9 Å². The molecule has 0 saturated carbocycles. The second-order valence-corrected chi connectivity index (χ2v) is 4.61. The maximum absolute atomic E-state index is 8.78. The van der Waals surface area contributed by atoms with Crippen molar-refractivity contribution in [3.8, 4) is 6.07 Å². The Bertz CT molecular complexity index is 411. The van der Waals surface area contributed by atoms with Crippen LogP contribution in [0.15, 0.2) is 24.3 Å². The summed E-state index contributed by atoms with van der Waals surface area (Å²) in [6, 6.07) is 11.4. The molecule has 2 aliphatic rings. The minimum atomic E-state index is 0. The highest BCUT2D eigenvalue weighted by atomic mass is 35.5. The van der Waals surface area contributed by atoms with E-state index in [0.717, 1.165) is 18.7 Å². The molecule has 0 spiro atoms. The molecule has 0 amide bonds. The zero-order chi connectivity index (χ0) is 11.0. The van der Waals surface area contributed by atoms with E-state index in [1.807, 2.05) is 12.1 Å². The minimum absolute atomic E-state index is 0. The predicted molar refractivity (Wildman–Crippen MR) is 77.8 cm³/mol. The monoisotopic (exact) mass is 285 g/mol. The third kappa shape index (κ3) is 2.56. The minimum Gasteiger partial charge on any atom is -0.363 e. The van der Waals surface area contributed by atoms with Gasteiger partial charge >= 0.3 is 0 Å². The van der Waals surface area contributed by atoms with E-state index < -0.39 is 0 Å². The van der Waals surface area contributed by atoms with Crippen LogP contribution in [0.3, 0.4) is 0 Å². The zero-order valence-electron chi connectivity index (χ0n) is 10.0. The molecule has 2 heterocycles. The number of halogens is 2. The number of nitriles is 1. The highest BCUT2D eigenvalue weighted by Crippen LogP contribution is 2.32. The largest absolute Gasteiger partial charge is 0.363 e. The molecule has 3 rings (SSSR count). The van der Waals surface area contributed by atoms with Crippen molar-refractivity contribution in [2.75, 3.05) is 18.0 Å². The van der Waals surface area contributed by atoms with Crippen LogP contribution >= 0.6 is 24.8 Å². The smallest absolute Gasteiger partial charge is 0.0991 e. The van der Waals surface area contributed by atoms with E-state index in [9.17, 15) is 0 Å². The zero-order valence-corrected chi connectivity index (χ0v) is 11.6. The second kappa shape index (κ2) is 6.29. The van der Waals surface area contributed by atoms with Crippen LogP contribution < -0.4 is 10.2 Å². The summed E-state index contributed by atoms with van der Waals surface area (Å²) in [4.78, 5) is 2.53. The topological polar surface area (TPSA) is 39.1 Å². The Kier molecular flexibility index (Phi) is 5.28. The van der Waals surface area contributed by atoms with Crippen molar-refractivity contribution in [1.82, 2.24) is 5.32 Å². The Morgan fingerprint density at radius 1 is 1.06 bits per heavy atom. The second-order valence-electron chi connectivity index (χ2n) is 4.61. The summed E-state index contributed by atoms with van der Waals surface area (Å²) < 4.78 is 0. The van der Waals surface area contributed by atoms with Gasteiger partial charge in [0.2, 0.25) is 0 Å². The summed E-state index contributed by atoms with van der Waals surface area (Å²) in [7, 11) is 0. The number of hydrogen-bond acceptors (Lipinski definition) is 3. The fourth-order valence-electron chi connectivity index (χ4n) is 2.91. The number of fused-ring (bicyclic) bond motifs is 2. The molecule has 2 bridgehead atoms. The van der Waals surface area contributed by atoms with E-state index in [0.29, 0.717) is 12.1 Å². The fourth-order valence-corrected chi connectivity index (χ4v) is 2.91. The summed E-state index contributed by atoms with van der Waals surface area (Å²) >= 11 is 0. The van der Waals surface area contributed by atoms with Gasteiger partial charge in [-0.3, -0.25) is 0 Å². The number of anilines is 1. The van der Waals surface area contributed by atoms with Gasteiger partial charge < -0.3 is 10.2 Å². The fraction of sp³-hybridized carbons (Fsp3) is 0.462. The molecular formula is C13H17Cl2N3. The lowest BCUT2D eigenvalue weighted by molar-refractivity contribution is 0.485. The third-order valence-electron chi connectivity index (χ3n) is 3.67. The van der Waals surface area contributed by atoms with Crippen molar-refractivity contribution in [1.29, 1.82) is 5.26 Å². The highest BCUT2D eigenvalue weighted by molar-refractivity contribution is 5.85. The molecule has 1 aromatic carbocycles. The average Bonchev–Trinajstić information content (AvgIpc) is 2.59. The van der Waals surface area contributed by atoms with Crippen LogP contribution in [0.4, 0.5) is 5.69 Å². The summed E-state index contributed by atoms with van der Waals surface area (Å²) in [5.41, 5.74) is 2.01. The van der Waals surface area contributed by atoms with Gasteiger partial charge in [0.15, 0.2) is 0 Å². The number of piperazine rings is 1. The Morgan fingerprint density at radius 3 is 2.11 bits per heavy atom. The molecule has 2 aliphatic heterocycles. The van der Waals surface area contributed by atoms with E-state index in [4.69, 9.17) is 5.26 Å². The van der Waals surface area contributed by atoms with Crippen molar-refractivity contribution >= 4 is 30.5 Å². The first-order chi connectivity index (χ1) is 7.88. The molecule has 1 N–H and O–H groups in total. The van der Waals surface area contributed by atoms with Gasteiger partial charge in [0.1, 0.15) is 0 Å². The third-order valence-corrected chi connectivity index (χ3v) is 3.67. The maximum Gasteiger partial charge on any atom is 0.0991 e. The Labute approximate surface area is 120 Å². The lowest BCUT2D eigenvalue weighted by Crippen LogP contribution is -2.51. The molecule has 1 aromatic rings. The summed E-state index contributed by atoms with van der Waals surface area (Å²) in [5.74, 6) is 0. The van der Waals surface area contributed by atoms with Crippen molar-refractivity contribution in [2.24, 2.45) is 0 Å².